The van der Waals surface area contributed by atoms with Gasteiger partial charge in [0.15, 0.2) is 5.69 Å². The minimum atomic E-state index is -4.96. The molecule has 0 aliphatic carbocycles. The van der Waals surface area contributed by atoms with E-state index in [2.05, 4.69) is 30.6 Å². The van der Waals surface area contributed by atoms with Gasteiger partial charge in [0.1, 0.15) is 22.7 Å². The molecule has 0 fully saturated rings. The highest BCUT2D eigenvalue weighted by Crippen LogP contribution is 2.25. The first kappa shape index (κ1) is 24.9. The number of primary amides is 1. The van der Waals surface area contributed by atoms with Crippen LogP contribution >= 0.6 is 11.3 Å². The minimum absolute atomic E-state index is 0.0333. The van der Waals surface area contributed by atoms with Gasteiger partial charge in [-0.25, -0.2) is 13.5 Å². The van der Waals surface area contributed by atoms with Crippen LogP contribution in [0.4, 0.5) is 27.1 Å². The monoisotopic (exact) mass is 505 g/mol. The van der Waals surface area contributed by atoms with E-state index in [1.807, 2.05) is 0 Å². The van der Waals surface area contributed by atoms with E-state index < -0.39 is 42.3 Å². The Bertz CT molecular complexity index is 1170. The number of aryl methyl sites for hydroxylation is 1. The third-order valence-corrected chi connectivity index (χ3v) is 5.06. The highest BCUT2D eigenvalue weighted by atomic mass is 32.1. The molecular weight excluding hydrogens is 489 g/mol. The molecule has 1 atom stereocenters. The van der Waals surface area contributed by atoms with Gasteiger partial charge in [0.05, 0.1) is 19.2 Å². The zero-order chi connectivity index (χ0) is 24.9. The average molecular weight is 505 g/mol. The predicted molar refractivity (Wildman–Crippen MR) is 107 cm³/mol. The summed E-state index contributed by atoms with van der Waals surface area (Å²) in [6, 6.07) is 2.32. The van der Waals surface area contributed by atoms with E-state index in [4.69, 9.17) is 5.73 Å². The van der Waals surface area contributed by atoms with Gasteiger partial charge in [0.2, 0.25) is 11.0 Å². The zero-order valence-corrected chi connectivity index (χ0v) is 17.9. The summed E-state index contributed by atoms with van der Waals surface area (Å²) < 4.78 is 69.9. The number of amides is 2. The van der Waals surface area contributed by atoms with Gasteiger partial charge in [0.25, 0.3) is 5.91 Å². The smallest absolute Gasteiger partial charge is 0.406 e. The third-order valence-electron chi connectivity index (χ3n) is 4.16. The van der Waals surface area contributed by atoms with Crippen molar-refractivity contribution in [1.29, 1.82) is 0 Å². The molecule has 1 unspecified atom stereocenters. The number of benzene rings is 1. The van der Waals surface area contributed by atoms with Crippen LogP contribution in [-0.4, -0.2) is 49.5 Å². The lowest BCUT2D eigenvalue weighted by Crippen LogP contribution is -2.18. The summed E-state index contributed by atoms with van der Waals surface area (Å²) in [6.45, 7) is -0.161. The Balaban J connectivity index is 1.50. The molecular formula is C18H16F5N7O3S. The van der Waals surface area contributed by atoms with Gasteiger partial charge < -0.3 is 15.8 Å². The van der Waals surface area contributed by atoms with Crippen LogP contribution in [0.3, 0.4) is 0 Å². The minimum Gasteiger partial charge on any atom is -0.406 e. The molecule has 16 heteroatoms. The second kappa shape index (κ2) is 10.5. The van der Waals surface area contributed by atoms with Gasteiger partial charge in [-0.15, -0.1) is 28.5 Å². The largest absolute Gasteiger partial charge is 0.573 e. The van der Waals surface area contributed by atoms with Crippen molar-refractivity contribution in [3.63, 3.8) is 0 Å². The van der Waals surface area contributed by atoms with Gasteiger partial charge in [-0.1, -0.05) is 16.6 Å². The molecule has 34 heavy (non-hydrogen) atoms. The van der Waals surface area contributed by atoms with Crippen LogP contribution in [0.1, 0.15) is 27.5 Å². The van der Waals surface area contributed by atoms with Crippen molar-refractivity contribution < 1.29 is 36.3 Å². The van der Waals surface area contributed by atoms with Crippen molar-refractivity contribution >= 4 is 28.3 Å². The highest BCUT2D eigenvalue weighted by Gasteiger charge is 2.31. The Morgan fingerprint density at radius 2 is 2.00 bits per heavy atom. The summed E-state index contributed by atoms with van der Waals surface area (Å²) in [4.78, 5) is 23.1. The lowest BCUT2D eigenvalue weighted by molar-refractivity contribution is -0.274. The Labute approximate surface area is 191 Å². The Morgan fingerprint density at radius 1 is 1.24 bits per heavy atom. The van der Waals surface area contributed by atoms with Crippen molar-refractivity contribution in [2.75, 3.05) is 5.32 Å². The number of rotatable bonds is 10. The van der Waals surface area contributed by atoms with Crippen LogP contribution in [0.15, 0.2) is 24.4 Å². The number of alkyl halides is 4. The normalized spacial score (nSPS) is 12.4. The van der Waals surface area contributed by atoms with Gasteiger partial charge in [-0.2, -0.15) is 0 Å². The van der Waals surface area contributed by atoms with Gasteiger partial charge in [-0.3, -0.25) is 9.59 Å². The van der Waals surface area contributed by atoms with Gasteiger partial charge >= 0.3 is 6.36 Å². The first-order valence-electron chi connectivity index (χ1n) is 9.49. The van der Waals surface area contributed by atoms with E-state index >= 15 is 0 Å². The Morgan fingerprint density at radius 3 is 2.68 bits per heavy atom. The van der Waals surface area contributed by atoms with Crippen LogP contribution in [0.2, 0.25) is 0 Å². The molecule has 3 N–H and O–H groups in total. The maximum Gasteiger partial charge on any atom is 0.573 e. The molecule has 2 aromatic heterocycles. The SMILES string of the molecule is NC(=O)c1cn(CC(F)CCc2nnc(NC(=O)Cc3cc(OC(F)(F)F)ccc3F)s2)nn1. The number of hydrogen-bond donors (Lipinski definition) is 2. The molecule has 3 aromatic rings. The number of halogens is 5. The maximum atomic E-state index is 14.2. The fourth-order valence-electron chi connectivity index (χ4n) is 2.70. The number of nitrogens with zero attached hydrogens (tertiary/aromatic N) is 5. The number of ether oxygens (including phenoxy) is 1. The molecule has 0 radical (unpaired) electrons. The molecule has 1 aromatic carbocycles. The van der Waals surface area contributed by atoms with Crippen molar-refractivity contribution in [3.05, 3.63) is 46.5 Å². The predicted octanol–water partition coefficient (Wildman–Crippen LogP) is 2.42. The van der Waals surface area contributed by atoms with Crippen LogP contribution < -0.4 is 15.8 Å². The van der Waals surface area contributed by atoms with Crippen LogP contribution in [0.25, 0.3) is 0 Å². The van der Waals surface area contributed by atoms with E-state index in [9.17, 15) is 31.5 Å². The molecule has 0 bridgehead atoms. The molecule has 3 rings (SSSR count). The first-order valence-corrected chi connectivity index (χ1v) is 10.3. The summed E-state index contributed by atoms with van der Waals surface area (Å²) in [5.41, 5.74) is 4.66. The number of aromatic nitrogens is 5. The third kappa shape index (κ3) is 7.43. The van der Waals surface area contributed by atoms with E-state index in [1.165, 1.54) is 6.20 Å². The molecule has 0 aliphatic rings. The number of carbonyl (C=O) groups excluding carboxylic acids is 2. The molecule has 2 heterocycles. The molecule has 182 valence electrons. The van der Waals surface area contributed by atoms with E-state index in [1.54, 1.807) is 0 Å². The summed E-state index contributed by atoms with van der Waals surface area (Å²) in [5.74, 6) is -3.07. The van der Waals surface area contributed by atoms with Gasteiger partial charge in [-0.05, 0) is 24.6 Å². The second-order valence-corrected chi connectivity index (χ2v) is 7.92. The molecule has 0 spiro atoms. The van der Waals surface area contributed by atoms with Crippen molar-refractivity contribution in [2.24, 2.45) is 5.73 Å². The average Bonchev–Trinajstić information content (AvgIpc) is 3.37. The second-order valence-electron chi connectivity index (χ2n) is 6.85. The van der Waals surface area contributed by atoms with Crippen LogP contribution in [0, 0.1) is 5.82 Å². The Hall–Kier alpha value is -3.69. The number of hydrogen-bond acceptors (Lipinski definition) is 8. The topological polar surface area (TPSA) is 138 Å². The van der Waals surface area contributed by atoms with Crippen molar-refractivity contribution in [3.8, 4) is 5.75 Å². The van der Waals surface area contributed by atoms with Crippen LogP contribution in [0.5, 0.6) is 5.75 Å². The van der Waals surface area contributed by atoms with Crippen LogP contribution in [-0.2, 0) is 24.2 Å². The zero-order valence-electron chi connectivity index (χ0n) is 17.1. The van der Waals surface area contributed by atoms with Crippen molar-refractivity contribution in [2.45, 2.75) is 38.3 Å². The molecule has 2 amide bonds. The first-order chi connectivity index (χ1) is 16.0. The molecule has 0 saturated heterocycles. The fourth-order valence-corrected chi connectivity index (χ4v) is 3.47. The summed E-state index contributed by atoms with van der Waals surface area (Å²) in [5, 5.41) is 17.5. The maximum absolute atomic E-state index is 14.2. The Kier molecular flexibility index (Phi) is 7.70. The summed E-state index contributed by atoms with van der Waals surface area (Å²) in [6.07, 6.45) is -5.45. The van der Waals surface area contributed by atoms with Crippen molar-refractivity contribution in [1.82, 2.24) is 25.2 Å². The fraction of sp³-hybridized carbons (Fsp3) is 0.333. The molecule has 0 aliphatic heterocycles. The van der Waals surface area contributed by atoms with E-state index in [-0.39, 0.29) is 35.8 Å². The standard InChI is InChI=1S/C18H16F5N7O3S/c19-10(7-30-8-13(16(24)32)26-29-30)1-4-15-27-28-17(34-15)25-14(31)6-9-5-11(2-3-12(9)20)33-18(21,22)23/h2-3,5,8,10H,1,4,6-7H2,(H2,24,32)(H,25,28,31). The number of anilines is 1. The lowest BCUT2D eigenvalue weighted by atomic mass is 10.1. The summed E-state index contributed by atoms with van der Waals surface area (Å²) in [7, 11) is 0. The molecule has 0 saturated carbocycles. The number of carbonyl (C=O) groups is 2. The van der Waals surface area contributed by atoms with Gasteiger partial charge in [0, 0.05) is 12.0 Å². The quantitative estimate of drug-likeness (QED) is 0.404. The summed E-state index contributed by atoms with van der Waals surface area (Å²) >= 11 is 0.959. The van der Waals surface area contributed by atoms with E-state index in [0.29, 0.717) is 5.01 Å². The number of nitrogens with one attached hydrogen (secondary N) is 1. The number of nitrogens with two attached hydrogens (primary N) is 1. The van der Waals surface area contributed by atoms with E-state index in [0.717, 1.165) is 34.2 Å². The molecule has 10 nitrogen and oxygen atoms in total. The lowest BCUT2D eigenvalue weighted by Gasteiger charge is -2.10. The highest BCUT2D eigenvalue weighted by molar-refractivity contribution is 7.15.